The van der Waals surface area contributed by atoms with Crippen molar-refractivity contribution in [3.8, 4) is 6.07 Å². The number of likely N-dealkylation sites (tertiary alicyclic amines) is 1. The summed E-state index contributed by atoms with van der Waals surface area (Å²) in [6.45, 7) is 1.20. The Bertz CT molecular complexity index is 1460. The first-order valence-electron chi connectivity index (χ1n) is 13.2. The van der Waals surface area contributed by atoms with E-state index in [4.69, 9.17) is 27.6 Å². The molecule has 3 heterocycles. The number of halogens is 2. The van der Waals surface area contributed by atoms with Gasteiger partial charge in [0.2, 0.25) is 17.8 Å². The maximum absolute atomic E-state index is 14.9. The van der Waals surface area contributed by atoms with Crippen molar-refractivity contribution in [1.82, 2.24) is 29.7 Å². The molecule has 12 nitrogen and oxygen atoms in total. The van der Waals surface area contributed by atoms with Gasteiger partial charge in [-0.05, 0) is 50.7 Å². The lowest BCUT2D eigenvalue weighted by molar-refractivity contribution is -0.122. The van der Waals surface area contributed by atoms with Crippen molar-refractivity contribution < 1.29 is 14.0 Å². The molecule has 210 valence electrons. The van der Waals surface area contributed by atoms with E-state index in [9.17, 15) is 14.0 Å². The first-order valence-corrected chi connectivity index (χ1v) is 13.6. The molecule has 0 radical (unpaired) electrons. The number of nitrogens with zero attached hydrogens (tertiary/aromatic N) is 6. The SMILES string of the molecule is CNC(=O)N1CCC[C@@H](Nc2ncc3nc(Nc4c(F)cc(C#N)cc4Cl)n([C@H]4CC[C@@H](C(N)=O)CC4)c3n2)C1. The van der Waals surface area contributed by atoms with Crippen molar-refractivity contribution in [3.63, 3.8) is 0 Å². The Kier molecular flexibility index (Phi) is 7.88. The minimum atomic E-state index is -0.688. The summed E-state index contributed by atoms with van der Waals surface area (Å²) < 4.78 is 16.8. The van der Waals surface area contributed by atoms with E-state index < -0.39 is 5.82 Å². The van der Waals surface area contributed by atoms with Gasteiger partial charge in [-0.25, -0.2) is 19.2 Å². The van der Waals surface area contributed by atoms with Crippen LogP contribution in [0.3, 0.4) is 0 Å². The van der Waals surface area contributed by atoms with Gasteiger partial charge in [-0.1, -0.05) is 11.6 Å². The van der Waals surface area contributed by atoms with Gasteiger partial charge in [0.05, 0.1) is 28.5 Å². The molecule has 1 aliphatic carbocycles. The molecule has 2 aromatic heterocycles. The maximum Gasteiger partial charge on any atom is 0.317 e. The molecular formula is C26H30ClFN10O2. The summed E-state index contributed by atoms with van der Waals surface area (Å²) in [6, 6.07) is 4.12. The van der Waals surface area contributed by atoms with Crippen LogP contribution in [-0.2, 0) is 4.79 Å². The fourth-order valence-electron chi connectivity index (χ4n) is 5.50. The van der Waals surface area contributed by atoms with Crippen molar-refractivity contribution >= 4 is 52.3 Å². The molecule has 0 bridgehead atoms. The summed E-state index contributed by atoms with van der Waals surface area (Å²) in [7, 11) is 1.61. The van der Waals surface area contributed by atoms with E-state index in [0.29, 0.717) is 61.8 Å². The molecule has 3 amide bonds. The van der Waals surface area contributed by atoms with Crippen LogP contribution in [-0.4, -0.2) is 62.5 Å². The van der Waals surface area contributed by atoms with E-state index in [1.54, 1.807) is 18.1 Å². The number of benzene rings is 1. The summed E-state index contributed by atoms with van der Waals surface area (Å²) in [5, 5.41) is 18.2. The molecule has 5 rings (SSSR count). The molecule has 5 N–H and O–H groups in total. The number of anilines is 3. The highest BCUT2D eigenvalue weighted by Gasteiger charge is 2.30. The summed E-state index contributed by atoms with van der Waals surface area (Å²) in [4.78, 5) is 39.5. The minimum Gasteiger partial charge on any atom is -0.369 e. The summed E-state index contributed by atoms with van der Waals surface area (Å²) >= 11 is 6.32. The number of primary amides is 1. The highest BCUT2D eigenvalue weighted by Crippen LogP contribution is 2.38. The number of amides is 3. The van der Waals surface area contributed by atoms with E-state index in [0.717, 1.165) is 18.9 Å². The van der Waals surface area contributed by atoms with Crippen molar-refractivity contribution in [2.24, 2.45) is 11.7 Å². The Morgan fingerprint density at radius 2 is 1.98 bits per heavy atom. The predicted octanol–water partition coefficient (Wildman–Crippen LogP) is 3.67. The second-order valence-electron chi connectivity index (χ2n) is 10.2. The number of hydrogen-bond donors (Lipinski definition) is 4. The third-order valence-corrected chi connectivity index (χ3v) is 7.86. The average Bonchev–Trinajstić information content (AvgIpc) is 3.31. The normalized spacial score (nSPS) is 21.1. The Hall–Kier alpha value is -4.18. The van der Waals surface area contributed by atoms with Crippen LogP contribution >= 0.6 is 11.6 Å². The molecule has 0 unspecified atom stereocenters. The highest BCUT2D eigenvalue weighted by molar-refractivity contribution is 6.33. The number of rotatable bonds is 6. The minimum absolute atomic E-state index is 0.00847. The van der Waals surface area contributed by atoms with Crippen LogP contribution in [0.2, 0.25) is 5.02 Å². The predicted molar refractivity (Wildman–Crippen MR) is 148 cm³/mol. The zero-order valence-corrected chi connectivity index (χ0v) is 22.7. The third-order valence-electron chi connectivity index (χ3n) is 7.56. The quantitative estimate of drug-likeness (QED) is 0.349. The van der Waals surface area contributed by atoms with E-state index >= 15 is 0 Å². The summed E-state index contributed by atoms with van der Waals surface area (Å²) in [6.07, 6.45) is 5.81. The number of nitrogens with one attached hydrogen (secondary N) is 3. The maximum atomic E-state index is 14.9. The lowest BCUT2D eigenvalue weighted by atomic mass is 9.85. The Morgan fingerprint density at radius 3 is 2.65 bits per heavy atom. The molecule has 1 saturated carbocycles. The number of hydrogen-bond acceptors (Lipinski definition) is 8. The molecule has 1 atom stereocenters. The lowest BCUT2D eigenvalue weighted by Gasteiger charge is -2.32. The topological polar surface area (TPSA) is 167 Å². The van der Waals surface area contributed by atoms with Crippen LogP contribution in [0.5, 0.6) is 0 Å². The van der Waals surface area contributed by atoms with Crippen molar-refractivity contribution in [1.29, 1.82) is 5.26 Å². The fraction of sp³-hybridized carbons (Fsp3) is 0.462. The monoisotopic (exact) mass is 568 g/mol. The third kappa shape index (κ3) is 5.58. The van der Waals surface area contributed by atoms with Gasteiger partial charge in [0.1, 0.15) is 11.3 Å². The number of carbonyl (C=O) groups is 2. The zero-order chi connectivity index (χ0) is 28.4. The van der Waals surface area contributed by atoms with Gasteiger partial charge < -0.3 is 26.6 Å². The summed E-state index contributed by atoms with van der Waals surface area (Å²) in [5.41, 5.74) is 6.67. The Balaban J connectivity index is 1.49. The van der Waals surface area contributed by atoms with Crippen molar-refractivity contribution in [2.45, 2.75) is 50.6 Å². The van der Waals surface area contributed by atoms with Gasteiger partial charge in [0.15, 0.2) is 5.65 Å². The molecule has 0 spiro atoms. The van der Waals surface area contributed by atoms with Gasteiger partial charge in [-0.2, -0.15) is 10.2 Å². The molecule has 1 saturated heterocycles. The molecular weight excluding hydrogens is 539 g/mol. The lowest BCUT2D eigenvalue weighted by Crippen LogP contribution is -2.48. The number of aromatic nitrogens is 4. The Labute approximate surface area is 235 Å². The number of imidazole rings is 1. The van der Waals surface area contributed by atoms with E-state index in [-0.39, 0.29) is 46.2 Å². The molecule has 2 fully saturated rings. The van der Waals surface area contributed by atoms with Gasteiger partial charge in [-0.15, -0.1) is 0 Å². The molecule has 1 aliphatic heterocycles. The zero-order valence-electron chi connectivity index (χ0n) is 22.0. The second kappa shape index (κ2) is 11.5. The van der Waals surface area contributed by atoms with Crippen molar-refractivity contribution in [3.05, 3.63) is 34.7 Å². The highest BCUT2D eigenvalue weighted by atomic mass is 35.5. The van der Waals surface area contributed by atoms with E-state index in [1.165, 1.54) is 6.07 Å². The van der Waals surface area contributed by atoms with E-state index in [1.807, 2.05) is 10.6 Å². The molecule has 40 heavy (non-hydrogen) atoms. The van der Waals surface area contributed by atoms with Gasteiger partial charge in [0.25, 0.3) is 0 Å². The largest absolute Gasteiger partial charge is 0.369 e. The van der Waals surface area contributed by atoms with Crippen LogP contribution in [0.1, 0.15) is 50.1 Å². The molecule has 2 aliphatic rings. The standard InChI is InChI=1S/C26H30ClFN10O2/c1-31-26(40)37-8-2-3-16(13-37)33-24-32-12-20-23(36-24)38(17-6-4-15(5-7-17)22(30)39)25(34-20)35-21-18(27)9-14(11-29)10-19(21)28/h9-10,12,15-17H,2-8,13H2,1H3,(H2,30,39)(H,31,40)(H,34,35)(H,32,33,36)/t15-,16-,17+/m1/s1. The van der Waals surface area contributed by atoms with Gasteiger partial charge in [-0.3, -0.25) is 9.36 Å². The Morgan fingerprint density at radius 1 is 1.20 bits per heavy atom. The van der Waals surface area contributed by atoms with Crippen LogP contribution < -0.4 is 21.7 Å². The first-order chi connectivity index (χ1) is 19.3. The van der Waals surface area contributed by atoms with Crippen LogP contribution in [0.15, 0.2) is 18.3 Å². The van der Waals surface area contributed by atoms with Gasteiger partial charge >= 0.3 is 6.03 Å². The number of fused-ring (bicyclic) bond motifs is 1. The van der Waals surface area contributed by atoms with E-state index in [2.05, 4.69) is 25.9 Å². The van der Waals surface area contributed by atoms with Crippen molar-refractivity contribution in [2.75, 3.05) is 30.8 Å². The number of urea groups is 1. The molecule has 14 heteroatoms. The van der Waals surface area contributed by atoms with Crippen LogP contribution in [0, 0.1) is 23.1 Å². The van der Waals surface area contributed by atoms with Crippen LogP contribution in [0.4, 0.5) is 26.8 Å². The molecule has 1 aromatic carbocycles. The smallest absolute Gasteiger partial charge is 0.317 e. The van der Waals surface area contributed by atoms with Gasteiger partial charge in [0, 0.05) is 38.1 Å². The fourth-order valence-corrected chi connectivity index (χ4v) is 5.76. The summed E-state index contributed by atoms with van der Waals surface area (Å²) in [5.74, 6) is -0.498. The molecule has 3 aromatic rings. The second-order valence-corrected chi connectivity index (χ2v) is 10.6. The number of carbonyl (C=O) groups excluding carboxylic acids is 2. The number of nitriles is 1. The number of piperidine rings is 1. The average molecular weight is 569 g/mol. The van der Waals surface area contributed by atoms with Crippen LogP contribution in [0.25, 0.3) is 11.2 Å². The number of nitrogens with two attached hydrogens (primary N) is 1. The first kappa shape index (κ1) is 27.4.